The average molecular weight is 412 g/mol. The van der Waals surface area contributed by atoms with Gasteiger partial charge < -0.3 is 9.88 Å². The Morgan fingerprint density at radius 3 is 2.76 bits per heavy atom. The van der Waals surface area contributed by atoms with Crippen molar-refractivity contribution in [3.63, 3.8) is 0 Å². The van der Waals surface area contributed by atoms with Crippen LogP contribution in [0.4, 0.5) is 10.1 Å². The topological polar surface area (TPSA) is 69.3 Å². The average Bonchev–Trinajstić information content (AvgIpc) is 2.99. The first-order valence-corrected chi connectivity index (χ1v) is 11.3. The first kappa shape index (κ1) is 18.3. The van der Waals surface area contributed by atoms with Crippen molar-refractivity contribution in [3.05, 3.63) is 53.6 Å². The molecule has 150 valence electrons. The van der Waals surface area contributed by atoms with E-state index in [0.29, 0.717) is 37.3 Å². The number of sulfonamides is 1. The standard InChI is InChI=1S/C21H21FN4O2S/c1-25-12-15-19-18(14-5-3-4-6-17(14)25)16(22)11-23-21(19)24-20(15)13-7-9-26(10-8-13)29(2,27)28/h3-7,11H,8-10,12H2,1-2H3,(H,23,24). The van der Waals surface area contributed by atoms with Gasteiger partial charge in [-0.05, 0) is 18.1 Å². The van der Waals surface area contributed by atoms with Gasteiger partial charge in [-0.3, -0.25) is 0 Å². The van der Waals surface area contributed by atoms with Crippen LogP contribution in [0.5, 0.6) is 0 Å². The summed E-state index contributed by atoms with van der Waals surface area (Å²) in [4.78, 5) is 9.81. The fraction of sp³-hybridized carbons (Fsp3) is 0.286. The molecule has 0 fully saturated rings. The molecule has 0 unspecified atom stereocenters. The van der Waals surface area contributed by atoms with Crippen LogP contribution in [-0.2, 0) is 16.6 Å². The number of hydrogen-bond donors (Lipinski definition) is 1. The highest BCUT2D eigenvalue weighted by atomic mass is 32.2. The summed E-state index contributed by atoms with van der Waals surface area (Å²) < 4.78 is 40.1. The first-order chi connectivity index (χ1) is 13.8. The molecule has 0 saturated carbocycles. The van der Waals surface area contributed by atoms with E-state index in [1.54, 1.807) is 0 Å². The second-order valence-corrected chi connectivity index (χ2v) is 9.64. The fourth-order valence-corrected chi connectivity index (χ4v) is 5.18. The number of pyridine rings is 1. The van der Waals surface area contributed by atoms with E-state index in [1.165, 1.54) is 16.8 Å². The number of fused-ring (bicyclic) bond motifs is 2. The Labute approximate surface area is 168 Å². The van der Waals surface area contributed by atoms with E-state index in [1.807, 2.05) is 37.4 Å². The molecule has 2 aromatic heterocycles. The number of benzene rings is 1. The number of H-pyrrole nitrogens is 1. The number of nitrogens with zero attached hydrogens (tertiary/aromatic N) is 3. The van der Waals surface area contributed by atoms with Gasteiger partial charge in [0.1, 0.15) is 11.5 Å². The van der Waals surface area contributed by atoms with Crippen molar-refractivity contribution in [3.8, 4) is 11.1 Å². The molecule has 0 aliphatic carbocycles. The lowest BCUT2D eigenvalue weighted by atomic mass is 9.97. The largest absolute Gasteiger partial charge is 0.370 e. The zero-order valence-corrected chi connectivity index (χ0v) is 17.1. The molecule has 1 aromatic carbocycles. The summed E-state index contributed by atoms with van der Waals surface area (Å²) in [6.07, 6.45) is 5.04. The number of anilines is 1. The van der Waals surface area contributed by atoms with Crippen LogP contribution in [0.3, 0.4) is 0 Å². The highest BCUT2D eigenvalue weighted by Gasteiger charge is 2.29. The van der Waals surface area contributed by atoms with Crippen LogP contribution in [0.25, 0.3) is 27.7 Å². The molecular formula is C21H21FN4O2S. The van der Waals surface area contributed by atoms with Gasteiger partial charge in [0, 0.05) is 60.1 Å². The summed E-state index contributed by atoms with van der Waals surface area (Å²) in [7, 11) is -1.22. The van der Waals surface area contributed by atoms with Gasteiger partial charge in [0.2, 0.25) is 10.0 Å². The molecule has 2 aliphatic rings. The highest BCUT2D eigenvalue weighted by Crippen LogP contribution is 2.44. The van der Waals surface area contributed by atoms with Gasteiger partial charge in [-0.2, -0.15) is 4.31 Å². The quantitative estimate of drug-likeness (QED) is 0.701. The van der Waals surface area contributed by atoms with E-state index >= 15 is 0 Å². The lowest BCUT2D eigenvalue weighted by Crippen LogP contribution is -2.33. The van der Waals surface area contributed by atoms with Crippen LogP contribution in [0, 0.1) is 5.82 Å². The van der Waals surface area contributed by atoms with E-state index in [4.69, 9.17) is 0 Å². The van der Waals surface area contributed by atoms with E-state index in [2.05, 4.69) is 14.9 Å². The fourth-order valence-electron chi connectivity index (χ4n) is 4.41. The van der Waals surface area contributed by atoms with E-state index in [-0.39, 0.29) is 5.82 Å². The Hall–Kier alpha value is -2.71. The maximum atomic E-state index is 15.0. The van der Waals surface area contributed by atoms with Crippen molar-refractivity contribution < 1.29 is 12.8 Å². The molecule has 0 atom stereocenters. The van der Waals surface area contributed by atoms with Gasteiger partial charge in [0.15, 0.2) is 0 Å². The molecule has 4 heterocycles. The zero-order chi connectivity index (χ0) is 20.3. The number of halogens is 1. The third-order valence-corrected chi connectivity index (χ3v) is 7.09. The summed E-state index contributed by atoms with van der Waals surface area (Å²) >= 11 is 0. The Morgan fingerprint density at radius 1 is 1.24 bits per heavy atom. The van der Waals surface area contributed by atoms with Crippen LogP contribution in [0.2, 0.25) is 0 Å². The summed E-state index contributed by atoms with van der Waals surface area (Å²) in [5.41, 5.74) is 6.02. The third-order valence-electron chi connectivity index (χ3n) is 5.82. The van der Waals surface area contributed by atoms with Gasteiger partial charge in [-0.15, -0.1) is 0 Å². The summed E-state index contributed by atoms with van der Waals surface area (Å²) in [6, 6.07) is 7.81. The molecule has 0 radical (unpaired) electrons. The summed E-state index contributed by atoms with van der Waals surface area (Å²) in [5.74, 6) is -0.340. The Bertz CT molecular complexity index is 1280. The van der Waals surface area contributed by atoms with Crippen LogP contribution in [0.15, 0.2) is 36.5 Å². The van der Waals surface area contributed by atoms with Crippen LogP contribution in [0.1, 0.15) is 17.7 Å². The monoisotopic (exact) mass is 412 g/mol. The molecule has 1 N–H and O–H groups in total. The molecule has 8 heteroatoms. The lowest BCUT2D eigenvalue weighted by Gasteiger charge is -2.25. The molecule has 29 heavy (non-hydrogen) atoms. The molecule has 0 saturated heterocycles. The van der Waals surface area contributed by atoms with Crippen molar-refractivity contribution in [2.45, 2.75) is 13.0 Å². The second kappa shape index (κ2) is 6.40. The summed E-state index contributed by atoms with van der Waals surface area (Å²) in [6.45, 7) is 1.38. The normalized spacial score (nSPS) is 17.2. The minimum absolute atomic E-state index is 0.340. The van der Waals surface area contributed by atoms with Crippen LogP contribution < -0.4 is 4.90 Å². The van der Waals surface area contributed by atoms with Crippen LogP contribution in [-0.4, -0.2) is 49.1 Å². The number of nitrogens with one attached hydrogen (secondary N) is 1. The number of aromatic nitrogens is 2. The van der Waals surface area contributed by atoms with Gasteiger partial charge >= 0.3 is 0 Å². The third kappa shape index (κ3) is 2.86. The van der Waals surface area contributed by atoms with Crippen molar-refractivity contribution in [1.29, 1.82) is 0 Å². The SMILES string of the molecule is CN1Cc2c(C3=CCN(S(C)(=O)=O)CC3)[nH]c3ncc(F)c(c23)-c2ccccc21. The molecule has 6 nitrogen and oxygen atoms in total. The van der Waals surface area contributed by atoms with Crippen molar-refractivity contribution in [2.24, 2.45) is 0 Å². The maximum absolute atomic E-state index is 15.0. The predicted molar refractivity (Wildman–Crippen MR) is 113 cm³/mol. The van der Waals surface area contributed by atoms with E-state index in [9.17, 15) is 12.8 Å². The molecule has 5 rings (SSSR count). The Morgan fingerprint density at radius 2 is 2.03 bits per heavy atom. The predicted octanol–water partition coefficient (Wildman–Crippen LogP) is 3.37. The molecule has 0 spiro atoms. The molecule has 0 bridgehead atoms. The van der Waals surface area contributed by atoms with Crippen molar-refractivity contribution in [2.75, 3.05) is 31.3 Å². The zero-order valence-electron chi connectivity index (χ0n) is 16.2. The Balaban J connectivity index is 1.71. The van der Waals surface area contributed by atoms with Gasteiger partial charge in [0.25, 0.3) is 0 Å². The van der Waals surface area contributed by atoms with E-state index in [0.717, 1.165) is 33.5 Å². The molecule has 2 aliphatic heterocycles. The summed E-state index contributed by atoms with van der Waals surface area (Å²) in [5, 5.41) is 0.809. The number of hydrogen-bond acceptors (Lipinski definition) is 4. The van der Waals surface area contributed by atoms with Gasteiger partial charge in [0.05, 0.1) is 12.5 Å². The minimum Gasteiger partial charge on any atom is -0.370 e. The maximum Gasteiger partial charge on any atom is 0.211 e. The molecular weight excluding hydrogens is 391 g/mol. The van der Waals surface area contributed by atoms with Gasteiger partial charge in [-0.1, -0.05) is 24.3 Å². The number of para-hydroxylation sites is 1. The Kier molecular flexibility index (Phi) is 4.04. The van der Waals surface area contributed by atoms with Crippen molar-refractivity contribution in [1.82, 2.24) is 14.3 Å². The minimum atomic E-state index is -3.22. The highest BCUT2D eigenvalue weighted by molar-refractivity contribution is 7.88. The van der Waals surface area contributed by atoms with E-state index < -0.39 is 10.0 Å². The first-order valence-electron chi connectivity index (χ1n) is 9.48. The molecule has 3 aromatic rings. The second-order valence-electron chi connectivity index (χ2n) is 7.66. The van der Waals surface area contributed by atoms with Crippen LogP contribution >= 0.6 is 0 Å². The lowest BCUT2D eigenvalue weighted by molar-refractivity contribution is 0.445. The number of rotatable bonds is 2. The van der Waals surface area contributed by atoms with Gasteiger partial charge in [-0.25, -0.2) is 17.8 Å². The number of aromatic amines is 1. The van der Waals surface area contributed by atoms with Crippen molar-refractivity contribution >= 4 is 32.3 Å². The smallest absolute Gasteiger partial charge is 0.211 e. The molecule has 0 amide bonds.